The van der Waals surface area contributed by atoms with Gasteiger partial charge in [-0.1, -0.05) is 71.7 Å². The van der Waals surface area contributed by atoms with Crippen LogP contribution in [0.3, 0.4) is 0 Å². The van der Waals surface area contributed by atoms with Gasteiger partial charge in [0.15, 0.2) is 0 Å². The number of halogens is 2. The van der Waals surface area contributed by atoms with E-state index in [2.05, 4.69) is 35.1 Å². The average Bonchev–Trinajstić information content (AvgIpc) is 3.12. The predicted octanol–water partition coefficient (Wildman–Crippen LogP) is 7.48. The third-order valence-corrected chi connectivity index (χ3v) is 7.41. The molecule has 1 N–H and O–H groups in total. The van der Waals surface area contributed by atoms with Crippen molar-refractivity contribution in [2.24, 2.45) is 0 Å². The zero-order valence-corrected chi connectivity index (χ0v) is 23.3. The average molecular weight is 600 g/mol. The van der Waals surface area contributed by atoms with E-state index in [-0.39, 0.29) is 18.1 Å². The lowest BCUT2D eigenvalue weighted by molar-refractivity contribution is -0.127. The van der Waals surface area contributed by atoms with E-state index < -0.39 is 17.1 Å². The van der Waals surface area contributed by atoms with Crippen LogP contribution in [0, 0.1) is 0 Å². The lowest BCUT2D eigenvalue weighted by Crippen LogP contribution is -2.36. The van der Waals surface area contributed by atoms with Gasteiger partial charge in [-0.15, -0.1) is 0 Å². The molecule has 0 saturated carbocycles. The molecule has 0 aliphatic carbocycles. The van der Waals surface area contributed by atoms with Gasteiger partial charge in [-0.2, -0.15) is 0 Å². The van der Waals surface area contributed by atoms with Gasteiger partial charge in [0.2, 0.25) is 5.91 Å². The van der Waals surface area contributed by atoms with Crippen molar-refractivity contribution in [2.75, 3.05) is 11.9 Å². The number of ether oxygens (including phenoxy) is 1. The Morgan fingerprint density at radius 1 is 1.11 bits per heavy atom. The van der Waals surface area contributed by atoms with Crippen LogP contribution in [-0.4, -0.2) is 28.5 Å². The molecule has 0 aromatic heterocycles. The molecule has 1 fully saturated rings. The molecule has 3 aromatic rings. The highest BCUT2D eigenvalue weighted by Gasteiger charge is 2.36. The first-order chi connectivity index (χ1) is 17.7. The normalized spacial score (nSPS) is 14.5. The van der Waals surface area contributed by atoms with Gasteiger partial charge in [0.1, 0.15) is 18.9 Å². The molecule has 0 atom stereocenters. The third-order valence-electron chi connectivity index (χ3n) is 5.64. The largest absolute Gasteiger partial charge is 0.488 e. The molecule has 37 heavy (non-hydrogen) atoms. The Hall–Kier alpha value is -3.07. The second-order valence-corrected chi connectivity index (χ2v) is 11.0. The number of thioether (sulfide) groups is 1. The van der Waals surface area contributed by atoms with Crippen molar-refractivity contribution in [2.45, 2.75) is 26.4 Å². The summed E-state index contributed by atoms with van der Waals surface area (Å²) in [5.41, 5.74) is 3.19. The maximum atomic E-state index is 13.0. The maximum Gasteiger partial charge on any atom is 0.294 e. The van der Waals surface area contributed by atoms with E-state index in [4.69, 9.17) is 16.3 Å². The third kappa shape index (κ3) is 6.83. The second kappa shape index (κ2) is 12.0. The summed E-state index contributed by atoms with van der Waals surface area (Å²) in [6.07, 6.45) is 1.60. The van der Waals surface area contributed by atoms with E-state index in [1.807, 2.05) is 36.4 Å². The maximum absolute atomic E-state index is 13.0. The van der Waals surface area contributed by atoms with Crippen molar-refractivity contribution in [3.05, 3.63) is 97.8 Å². The summed E-state index contributed by atoms with van der Waals surface area (Å²) in [6, 6.07) is 20.2. The lowest BCUT2D eigenvalue weighted by Gasteiger charge is -2.13. The summed E-state index contributed by atoms with van der Waals surface area (Å²) in [5.74, 6) is -0.0824. The first kappa shape index (κ1) is 27.0. The van der Waals surface area contributed by atoms with Crippen LogP contribution < -0.4 is 10.1 Å². The highest BCUT2D eigenvalue weighted by Crippen LogP contribution is 2.35. The van der Waals surface area contributed by atoms with Crippen molar-refractivity contribution in [1.82, 2.24) is 4.90 Å². The molecule has 1 aliphatic heterocycles. The molecule has 0 unspecified atom stereocenters. The van der Waals surface area contributed by atoms with Crippen molar-refractivity contribution in [3.63, 3.8) is 0 Å². The van der Waals surface area contributed by atoms with E-state index in [9.17, 15) is 14.4 Å². The van der Waals surface area contributed by atoms with E-state index in [1.165, 1.54) is 0 Å². The number of rotatable bonds is 8. The van der Waals surface area contributed by atoms with Crippen molar-refractivity contribution >= 4 is 68.1 Å². The number of hydrogen-bond donors (Lipinski definition) is 1. The van der Waals surface area contributed by atoms with Crippen LogP contribution in [0.1, 0.15) is 36.5 Å². The number of amides is 3. The number of nitrogens with one attached hydrogen (secondary N) is 1. The predicted molar refractivity (Wildman–Crippen MR) is 152 cm³/mol. The molecule has 6 nitrogen and oxygen atoms in total. The number of carbonyl (C=O) groups excluding carboxylic acids is 3. The van der Waals surface area contributed by atoms with Gasteiger partial charge in [0, 0.05) is 26.3 Å². The topological polar surface area (TPSA) is 75.7 Å². The van der Waals surface area contributed by atoms with Crippen molar-refractivity contribution in [1.29, 1.82) is 0 Å². The minimum atomic E-state index is -0.530. The Morgan fingerprint density at radius 2 is 1.84 bits per heavy atom. The fourth-order valence-corrected chi connectivity index (χ4v) is 5.01. The van der Waals surface area contributed by atoms with Gasteiger partial charge >= 0.3 is 0 Å². The molecule has 1 heterocycles. The molecule has 1 saturated heterocycles. The van der Waals surface area contributed by atoms with Crippen LogP contribution in [0.25, 0.3) is 6.08 Å². The summed E-state index contributed by atoms with van der Waals surface area (Å²) in [4.78, 5) is 39.3. The Labute approximate surface area is 233 Å². The quantitative estimate of drug-likeness (QED) is 0.272. The summed E-state index contributed by atoms with van der Waals surface area (Å²) in [6.45, 7) is 4.04. The standard InChI is InChI=1S/C28H24BrClN2O4S/c1-17(2)18-7-10-22(11-8-18)31-26(33)15-32-27(34)25(37-28(32)35)14-20-13-21(29)9-12-24(20)36-16-19-5-3-4-6-23(19)30/h3-14,17H,15-16H2,1-2H3,(H,31,33)/b25-14+. The lowest BCUT2D eigenvalue weighted by atomic mass is 10.0. The minimum absolute atomic E-state index is 0.208. The van der Waals surface area contributed by atoms with Gasteiger partial charge in [0.25, 0.3) is 11.1 Å². The van der Waals surface area contributed by atoms with Gasteiger partial charge in [-0.25, -0.2) is 0 Å². The van der Waals surface area contributed by atoms with Crippen molar-refractivity contribution < 1.29 is 19.1 Å². The first-order valence-corrected chi connectivity index (χ1v) is 13.5. The van der Waals surface area contributed by atoms with Gasteiger partial charge in [-0.3, -0.25) is 19.3 Å². The van der Waals surface area contributed by atoms with Crippen LogP contribution in [-0.2, 0) is 16.2 Å². The monoisotopic (exact) mass is 598 g/mol. The minimum Gasteiger partial charge on any atom is -0.488 e. The molecule has 3 aromatic carbocycles. The van der Waals surface area contributed by atoms with Gasteiger partial charge in [-0.05, 0) is 65.7 Å². The number of nitrogens with zero attached hydrogens (tertiary/aromatic N) is 1. The summed E-state index contributed by atoms with van der Waals surface area (Å²) in [7, 11) is 0. The highest BCUT2D eigenvalue weighted by atomic mass is 79.9. The highest BCUT2D eigenvalue weighted by molar-refractivity contribution is 9.10. The Bertz CT molecular complexity index is 1370. The number of benzene rings is 3. The molecule has 0 bridgehead atoms. The number of imide groups is 1. The van der Waals surface area contributed by atoms with Crippen molar-refractivity contribution in [3.8, 4) is 5.75 Å². The van der Waals surface area contributed by atoms with Crippen LogP contribution in [0.2, 0.25) is 5.02 Å². The molecule has 9 heteroatoms. The van der Waals surface area contributed by atoms with Gasteiger partial charge < -0.3 is 10.1 Å². The van der Waals surface area contributed by atoms with Crippen LogP contribution >= 0.6 is 39.3 Å². The zero-order chi connectivity index (χ0) is 26.5. The SMILES string of the molecule is CC(C)c1ccc(NC(=O)CN2C(=O)S/C(=C/c3cc(Br)ccc3OCc3ccccc3Cl)C2=O)cc1. The fourth-order valence-electron chi connectivity index (χ4n) is 3.61. The van der Waals surface area contributed by atoms with Crippen LogP contribution in [0.4, 0.5) is 10.5 Å². The van der Waals surface area contributed by atoms with E-state index in [1.54, 1.807) is 36.4 Å². The molecule has 190 valence electrons. The molecular formula is C28H24BrClN2O4S. The Morgan fingerprint density at radius 3 is 2.54 bits per heavy atom. The summed E-state index contributed by atoms with van der Waals surface area (Å²) in [5, 5.41) is 2.83. The summed E-state index contributed by atoms with van der Waals surface area (Å²) < 4.78 is 6.76. The molecule has 3 amide bonds. The van der Waals surface area contributed by atoms with Crippen LogP contribution in [0.5, 0.6) is 5.75 Å². The van der Waals surface area contributed by atoms with E-state index in [0.717, 1.165) is 32.3 Å². The molecule has 1 aliphatic rings. The Balaban J connectivity index is 1.46. The molecule has 0 spiro atoms. The van der Waals surface area contributed by atoms with Crippen LogP contribution in [0.15, 0.2) is 76.1 Å². The van der Waals surface area contributed by atoms with Gasteiger partial charge in [0.05, 0.1) is 4.91 Å². The smallest absolute Gasteiger partial charge is 0.294 e. The molecule has 4 rings (SSSR count). The fraction of sp³-hybridized carbons (Fsp3) is 0.179. The molecule has 0 radical (unpaired) electrons. The second-order valence-electron chi connectivity index (χ2n) is 8.65. The first-order valence-electron chi connectivity index (χ1n) is 11.5. The number of anilines is 1. The Kier molecular flexibility index (Phi) is 8.74. The number of carbonyl (C=O) groups is 3. The molecular weight excluding hydrogens is 576 g/mol. The zero-order valence-electron chi connectivity index (χ0n) is 20.2. The summed E-state index contributed by atoms with van der Waals surface area (Å²) >= 11 is 10.5. The van der Waals surface area contributed by atoms with E-state index >= 15 is 0 Å². The number of hydrogen-bond acceptors (Lipinski definition) is 5. The van der Waals surface area contributed by atoms with E-state index in [0.29, 0.717) is 27.9 Å².